The van der Waals surface area contributed by atoms with E-state index in [1.165, 1.54) is 12.0 Å². The Kier molecular flexibility index (Phi) is 4.56. The van der Waals surface area contributed by atoms with Crippen LogP contribution in [0.1, 0.15) is 37.3 Å². The van der Waals surface area contributed by atoms with Crippen LogP contribution in [0, 0.1) is 0 Å². The molecule has 17 heavy (non-hydrogen) atoms. The molecule has 4 heteroatoms. The Hall–Kier alpha value is -0.420. The van der Waals surface area contributed by atoms with E-state index in [0.29, 0.717) is 6.54 Å². The molecule has 2 rings (SSSR count). The highest BCUT2D eigenvalue weighted by atomic mass is 32.1. The summed E-state index contributed by atoms with van der Waals surface area (Å²) in [5, 5.41) is 14.3. The normalized spacial score (nSPS) is 27.3. The first-order valence-electron chi connectivity index (χ1n) is 6.36. The third-order valence-corrected chi connectivity index (χ3v) is 4.56. The first kappa shape index (κ1) is 13.0. The van der Waals surface area contributed by atoms with Crippen molar-refractivity contribution >= 4 is 11.3 Å². The van der Waals surface area contributed by atoms with Gasteiger partial charge in [0.15, 0.2) is 0 Å². The molecule has 1 saturated carbocycles. The second-order valence-corrected chi connectivity index (χ2v) is 5.67. The molecule has 0 amide bonds. The van der Waals surface area contributed by atoms with Gasteiger partial charge in [-0.25, -0.2) is 0 Å². The highest BCUT2D eigenvalue weighted by molar-refractivity contribution is 7.07. The summed E-state index contributed by atoms with van der Waals surface area (Å²) in [7, 11) is 2.09. The third kappa shape index (κ3) is 2.88. The maximum Gasteiger partial charge on any atom is 0.0695 e. The number of aliphatic hydroxyl groups is 1. The van der Waals surface area contributed by atoms with Gasteiger partial charge >= 0.3 is 0 Å². The molecule has 96 valence electrons. The van der Waals surface area contributed by atoms with Crippen LogP contribution in [0.2, 0.25) is 0 Å². The van der Waals surface area contributed by atoms with Crippen LogP contribution in [0.4, 0.5) is 0 Å². The van der Waals surface area contributed by atoms with Crippen LogP contribution < -0.4 is 5.73 Å². The molecular formula is C13H22N2OS. The molecule has 0 aromatic carbocycles. The lowest BCUT2D eigenvalue weighted by Gasteiger charge is -2.39. The van der Waals surface area contributed by atoms with Crippen LogP contribution in [0.15, 0.2) is 16.8 Å². The molecule has 1 aromatic rings. The Morgan fingerprint density at radius 2 is 2.29 bits per heavy atom. The predicted octanol–water partition coefficient (Wildman–Crippen LogP) is 1.98. The van der Waals surface area contributed by atoms with E-state index in [-0.39, 0.29) is 18.2 Å². The SMILES string of the molecule is CN(C(CN)c1ccsc1)C1CCCCC1O. The Morgan fingerprint density at radius 1 is 1.53 bits per heavy atom. The molecule has 3 N–H and O–H groups in total. The lowest BCUT2D eigenvalue weighted by Crippen LogP contribution is -2.46. The molecule has 1 aliphatic rings. The van der Waals surface area contributed by atoms with Gasteiger partial charge in [0.2, 0.25) is 0 Å². The number of hydrogen-bond acceptors (Lipinski definition) is 4. The van der Waals surface area contributed by atoms with Crippen molar-refractivity contribution in [1.82, 2.24) is 4.90 Å². The van der Waals surface area contributed by atoms with Crippen LogP contribution in [0.25, 0.3) is 0 Å². The van der Waals surface area contributed by atoms with Gasteiger partial charge in [-0.3, -0.25) is 4.90 Å². The first-order chi connectivity index (χ1) is 8.24. The maximum atomic E-state index is 10.1. The van der Waals surface area contributed by atoms with Crippen molar-refractivity contribution < 1.29 is 5.11 Å². The molecule has 1 fully saturated rings. The topological polar surface area (TPSA) is 49.5 Å². The molecule has 3 nitrogen and oxygen atoms in total. The molecule has 3 unspecified atom stereocenters. The smallest absolute Gasteiger partial charge is 0.0695 e. The molecule has 1 aliphatic carbocycles. The van der Waals surface area contributed by atoms with E-state index in [2.05, 4.69) is 28.8 Å². The number of thiophene rings is 1. The summed E-state index contributed by atoms with van der Waals surface area (Å²) in [5.41, 5.74) is 7.17. The summed E-state index contributed by atoms with van der Waals surface area (Å²) in [4.78, 5) is 2.27. The van der Waals surface area contributed by atoms with Crippen molar-refractivity contribution in [2.75, 3.05) is 13.6 Å². The minimum atomic E-state index is -0.193. The van der Waals surface area contributed by atoms with Gasteiger partial charge in [-0.15, -0.1) is 0 Å². The number of rotatable bonds is 4. The number of nitrogens with two attached hydrogens (primary N) is 1. The van der Waals surface area contributed by atoms with E-state index in [4.69, 9.17) is 5.73 Å². The number of aliphatic hydroxyl groups excluding tert-OH is 1. The molecule has 0 spiro atoms. The third-order valence-electron chi connectivity index (χ3n) is 3.86. The zero-order valence-electron chi connectivity index (χ0n) is 10.4. The average molecular weight is 254 g/mol. The zero-order valence-corrected chi connectivity index (χ0v) is 11.2. The van der Waals surface area contributed by atoms with Gasteiger partial charge in [-0.2, -0.15) is 11.3 Å². The minimum Gasteiger partial charge on any atom is -0.391 e. The molecule has 1 heterocycles. The van der Waals surface area contributed by atoms with Crippen molar-refractivity contribution in [2.24, 2.45) is 5.73 Å². The van der Waals surface area contributed by atoms with Crippen LogP contribution in [0.5, 0.6) is 0 Å². The van der Waals surface area contributed by atoms with Crippen LogP contribution >= 0.6 is 11.3 Å². The Balaban J connectivity index is 2.08. The van der Waals surface area contributed by atoms with Crippen molar-refractivity contribution in [3.63, 3.8) is 0 Å². The van der Waals surface area contributed by atoms with Crippen LogP contribution in [-0.4, -0.2) is 35.7 Å². The van der Waals surface area contributed by atoms with Gasteiger partial charge < -0.3 is 10.8 Å². The fraction of sp³-hybridized carbons (Fsp3) is 0.692. The Morgan fingerprint density at radius 3 is 2.88 bits per heavy atom. The standard InChI is InChI=1S/C13H22N2OS/c1-15(11-4-2-3-5-13(11)16)12(8-14)10-6-7-17-9-10/h6-7,9,11-13,16H,2-5,8,14H2,1H3. The van der Waals surface area contributed by atoms with Crippen molar-refractivity contribution in [1.29, 1.82) is 0 Å². The first-order valence-corrected chi connectivity index (χ1v) is 7.30. The van der Waals surface area contributed by atoms with E-state index in [0.717, 1.165) is 19.3 Å². The summed E-state index contributed by atoms with van der Waals surface area (Å²) in [6, 6.07) is 2.63. The second-order valence-electron chi connectivity index (χ2n) is 4.89. The number of nitrogens with zero attached hydrogens (tertiary/aromatic N) is 1. The highest BCUT2D eigenvalue weighted by Crippen LogP contribution is 2.29. The Labute approximate surface area is 107 Å². The van der Waals surface area contributed by atoms with Crippen molar-refractivity contribution in [2.45, 2.75) is 43.9 Å². The van der Waals surface area contributed by atoms with E-state index in [1.807, 2.05) is 0 Å². The summed E-state index contributed by atoms with van der Waals surface area (Å²) in [6.07, 6.45) is 4.18. The molecule has 0 saturated heterocycles. The lowest BCUT2D eigenvalue weighted by molar-refractivity contribution is 0.0138. The molecule has 0 radical (unpaired) electrons. The lowest BCUT2D eigenvalue weighted by atomic mass is 9.90. The summed E-state index contributed by atoms with van der Waals surface area (Å²) in [5.74, 6) is 0. The van der Waals surface area contributed by atoms with Gasteiger partial charge in [0.25, 0.3) is 0 Å². The van der Waals surface area contributed by atoms with E-state index in [1.54, 1.807) is 11.3 Å². The van der Waals surface area contributed by atoms with Gasteiger partial charge in [0.05, 0.1) is 6.10 Å². The van der Waals surface area contributed by atoms with Crippen LogP contribution in [-0.2, 0) is 0 Å². The predicted molar refractivity (Wildman–Crippen MR) is 72.1 cm³/mol. The average Bonchev–Trinajstić information content (AvgIpc) is 2.84. The maximum absolute atomic E-state index is 10.1. The fourth-order valence-electron chi connectivity index (χ4n) is 2.80. The quantitative estimate of drug-likeness (QED) is 0.864. The summed E-state index contributed by atoms with van der Waals surface area (Å²) < 4.78 is 0. The molecule has 0 bridgehead atoms. The molecule has 3 atom stereocenters. The molecule has 1 aromatic heterocycles. The largest absolute Gasteiger partial charge is 0.391 e. The van der Waals surface area contributed by atoms with Gasteiger partial charge in [0, 0.05) is 18.6 Å². The van der Waals surface area contributed by atoms with Crippen LogP contribution in [0.3, 0.4) is 0 Å². The highest BCUT2D eigenvalue weighted by Gasteiger charge is 2.30. The monoisotopic (exact) mass is 254 g/mol. The zero-order chi connectivity index (χ0) is 12.3. The summed E-state index contributed by atoms with van der Waals surface area (Å²) in [6.45, 7) is 0.608. The second kappa shape index (κ2) is 5.96. The number of likely N-dealkylation sites (N-methyl/N-ethyl adjacent to an activating group) is 1. The number of hydrogen-bond donors (Lipinski definition) is 2. The molecule has 0 aliphatic heterocycles. The minimum absolute atomic E-state index is 0.193. The van der Waals surface area contributed by atoms with Gasteiger partial charge in [0.1, 0.15) is 0 Å². The van der Waals surface area contributed by atoms with Crippen molar-refractivity contribution in [3.05, 3.63) is 22.4 Å². The van der Waals surface area contributed by atoms with E-state index < -0.39 is 0 Å². The van der Waals surface area contributed by atoms with Crippen molar-refractivity contribution in [3.8, 4) is 0 Å². The fourth-order valence-corrected chi connectivity index (χ4v) is 3.51. The Bertz CT molecular complexity index is 328. The summed E-state index contributed by atoms with van der Waals surface area (Å²) >= 11 is 1.70. The van der Waals surface area contributed by atoms with Gasteiger partial charge in [-0.1, -0.05) is 12.8 Å². The molecular weight excluding hydrogens is 232 g/mol. The van der Waals surface area contributed by atoms with E-state index in [9.17, 15) is 5.11 Å². The van der Waals surface area contributed by atoms with E-state index >= 15 is 0 Å². The van der Waals surface area contributed by atoms with Gasteiger partial charge in [-0.05, 0) is 42.3 Å².